The molecule has 2 aromatic carbocycles. The lowest BCUT2D eigenvalue weighted by Gasteiger charge is -2.19. The number of ketones is 1. The molecule has 29 heavy (non-hydrogen) atoms. The van der Waals surface area contributed by atoms with E-state index in [0.717, 1.165) is 16.7 Å². The number of nitrogens with two attached hydrogens (primary N) is 1. The third-order valence-electron chi connectivity index (χ3n) is 4.74. The lowest BCUT2D eigenvalue weighted by molar-refractivity contribution is -0.146. The van der Waals surface area contributed by atoms with Crippen LogP contribution < -0.4 is 11.1 Å². The van der Waals surface area contributed by atoms with Crippen molar-refractivity contribution >= 4 is 29.4 Å². The number of nitrogens with one attached hydrogen (secondary N) is 1. The van der Waals surface area contributed by atoms with Gasteiger partial charge in [-0.3, -0.25) is 9.59 Å². The van der Waals surface area contributed by atoms with Crippen molar-refractivity contribution in [3.63, 3.8) is 0 Å². The van der Waals surface area contributed by atoms with Crippen molar-refractivity contribution in [3.05, 3.63) is 69.2 Å². The highest BCUT2D eigenvalue weighted by Gasteiger charge is 2.24. The Kier molecular flexibility index (Phi) is 7.40. The maximum atomic E-state index is 12.8. The maximum Gasteiger partial charge on any atom is 0.312 e. The number of carbonyl (C=O) groups excluding carboxylic acids is 3. The molecule has 0 heterocycles. The van der Waals surface area contributed by atoms with Gasteiger partial charge in [0.25, 0.3) is 0 Å². The molecule has 0 bridgehead atoms. The largest absolute Gasteiger partial charge is 0.454 e. The highest BCUT2D eigenvalue weighted by Crippen LogP contribution is 2.22. The molecule has 0 fully saturated rings. The van der Waals surface area contributed by atoms with E-state index in [2.05, 4.69) is 5.32 Å². The van der Waals surface area contributed by atoms with Gasteiger partial charge in [0, 0.05) is 10.6 Å². The highest BCUT2D eigenvalue weighted by molar-refractivity contribution is 6.30. The first-order valence-electron chi connectivity index (χ1n) is 9.21. The predicted molar refractivity (Wildman–Crippen MR) is 112 cm³/mol. The molecule has 2 rings (SSSR count). The lowest BCUT2D eigenvalue weighted by Crippen LogP contribution is -2.35. The summed E-state index contributed by atoms with van der Waals surface area (Å²) in [4.78, 5) is 36.5. The first-order valence-corrected chi connectivity index (χ1v) is 9.59. The molecule has 0 aliphatic carbocycles. The lowest BCUT2D eigenvalue weighted by atomic mass is 9.96. The van der Waals surface area contributed by atoms with E-state index in [0.29, 0.717) is 16.1 Å². The summed E-state index contributed by atoms with van der Waals surface area (Å²) in [6, 6.07) is 8.94. The summed E-state index contributed by atoms with van der Waals surface area (Å²) in [6.45, 7) is 7.28. The van der Waals surface area contributed by atoms with Crippen molar-refractivity contribution in [2.45, 2.75) is 46.3 Å². The highest BCUT2D eigenvalue weighted by atomic mass is 35.5. The summed E-state index contributed by atoms with van der Waals surface area (Å²) in [5, 5.41) is 3.04. The molecule has 0 saturated heterocycles. The van der Waals surface area contributed by atoms with Crippen LogP contribution in [0, 0.1) is 20.8 Å². The van der Waals surface area contributed by atoms with Crippen LogP contribution in [0.2, 0.25) is 5.02 Å². The average molecular weight is 417 g/mol. The van der Waals surface area contributed by atoms with E-state index in [9.17, 15) is 14.4 Å². The van der Waals surface area contributed by atoms with Crippen molar-refractivity contribution in [1.29, 1.82) is 0 Å². The summed E-state index contributed by atoms with van der Waals surface area (Å²) >= 11 is 5.88. The summed E-state index contributed by atoms with van der Waals surface area (Å²) in [5.74, 6) is -0.897. The van der Waals surface area contributed by atoms with E-state index in [4.69, 9.17) is 22.1 Å². The zero-order valence-electron chi connectivity index (χ0n) is 16.9. The van der Waals surface area contributed by atoms with Crippen LogP contribution in [0.5, 0.6) is 0 Å². The van der Waals surface area contributed by atoms with E-state index in [1.807, 2.05) is 32.9 Å². The maximum absolute atomic E-state index is 12.8. The molecule has 0 saturated carbocycles. The Balaban J connectivity index is 2.10. The Morgan fingerprint density at radius 2 is 1.62 bits per heavy atom. The minimum Gasteiger partial charge on any atom is -0.454 e. The molecule has 0 unspecified atom stereocenters. The molecule has 2 aromatic rings. The molecule has 0 spiro atoms. The van der Waals surface area contributed by atoms with Crippen LogP contribution in [-0.2, 0) is 9.53 Å². The molecule has 154 valence electrons. The average Bonchev–Trinajstić information content (AvgIpc) is 2.63. The standard InChI is InChI=1S/C22H25ClN2O4/c1-12-9-14(3)18(10-13(12)2)21(27)15(4)29-20(26)11-19(25-22(24)28)16-5-7-17(23)8-6-16/h5-10,15,19H,11H2,1-4H3,(H3,24,25,28)/t15-,19+/m1/s1. The third-order valence-corrected chi connectivity index (χ3v) is 5.00. The first-order chi connectivity index (χ1) is 13.6. The molecule has 6 nitrogen and oxygen atoms in total. The monoisotopic (exact) mass is 416 g/mol. The summed E-state index contributed by atoms with van der Waals surface area (Å²) in [7, 11) is 0. The van der Waals surface area contributed by atoms with Crippen LogP contribution >= 0.6 is 11.6 Å². The number of amides is 2. The Bertz CT molecular complexity index is 925. The van der Waals surface area contributed by atoms with Crippen molar-refractivity contribution in [3.8, 4) is 0 Å². The van der Waals surface area contributed by atoms with Crippen molar-refractivity contribution in [2.75, 3.05) is 0 Å². The Labute approximate surface area is 175 Å². The molecular formula is C22H25ClN2O4. The second-order valence-electron chi connectivity index (χ2n) is 7.06. The molecule has 0 radical (unpaired) electrons. The van der Waals surface area contributed by atoms with Crippen LogP contribution in [0.3, 0.4) is 0 Å². The van der Waals surface area contributed by atoms with E-state index in [1.54, 1.807) is 24.3 Å². The molecule has 2 amide bonds. The summed E-state index contributed by atoms with van der Waals surface area (Å²) in [6.07, 6.45) is -1.13. The molecule has 2 atom stereocenters. The van der Waals surface area contributed by atoms with Crippen molar-refractivity contribution in [2.24, 2.45) is 5.73 Å². The number of ether oxygens (including phenoxy) is 1. The first kappa shape index (κ1) is 22.4. The fourth-order valence-corrected chi connectivity index (χ4v) is 3.16. The SMILES string of the molecule is Cc1cc(C)c(C(=O)[C@@H](C)OC(=O)C[C@H](NC(N)=O)c2ccc(Cl)cc2)cc1C. The van der Waals surface area contributed by atoms with Gasteiger partial charge >= 0.3 is 12.0 Å². The smallest absolute Gasteiger partial charge is 0.312 e. The summed E-state index contributed by atoms with van der Waals surface area (Å²) < 4.78 is 5.34. The van der Waals surface area contributed by atoms with Crippen LogP contribution in [0.25, 0.3) is 0 Å². The second-order valence-corrected chi connectivity index (χ2v) is 7.50. The Morgan fingerprint density at radius 1 is 1.03 bits per heavy atom. The summed E-state index contributed by atoms with van der Waals surface area (Å²) in [5.41, 5.74) is 9.31. The number of aryl methyl sites for hydroxylation is 3. The van der Waals surface area contributed by atoms with E-state index in [1.165, 1.54) is 6.92 Å². The molecule has 0 aromatic heterocycles. The molecule has 0 aliphatic rings. The fourth-order valence-electron chi connectivity index (χ4n) is 3.03. The normalized spacial score (nSPS) is 12.7. The minimum absolute atomic E-state index is 0.173. The number of esters is 1. The van der Waals surface area contributed by atoms with Gasteiger partial charge in [0.05, 0.1) is 12.5 Å². The van der Waals surface area contributed by atoms with Gasteiger partial charge in [-0.2, -0.15) is 0 Å². The third kappa shape index (κ3) is 6.06. The number of benzene rings is 2. The number of rotatable bonds is 7. The van der Waals surface area contributed by atoms with Gasteiger partial charge in [0.1, 0.15) is 0 Å². The Morgan fingerprint density at radius 3 is 2.21 bits per heavy atom. The van der Waals surface area contributed by atoms with Gasteiger partial charge in [-0.25, -0.2) is 4.79 Å². The number of carbonyl (C=O) groups is 3. The van der Waals surface area contributed by atoms with Crippen molar-refractivity contribution < 1.29 is 19.1 Å². The van der Waals surface area contributed by atoms with Crippen LogP contribution in [0.4, 0.5) is 4.79 Å². The fraction of sp³-hybridized carbons (Fsp3) is 0.318. The van der Waals surface area contributed by atoms with Crippen molar-refractivity contribution in [1.82, 2.24) is 5.32 Å². The van der Waals surface area contributed by atoms with Crippen LogP contribution in [-0.4, -0.2) is 23.9 Å². The van der Waals surface area contributed by atoms with Gasteiger partial charge in [-0.1, -0.05) is 29.8 Å². The van der Waals surface area contributed by atoms with Crippen LogP contribution in [0.15, 0.2) is 36.4 Å². The number of urea groups is 1. The molecule has 0 aliphatic heterocycles. The van der Waals surface area contributed by atoms with Gasteiger partial charge in [-0.15, -0.1) is 0 Å². The number of hydrogen-bond acceptors (Lipinski definition) is 4. The minimum atomic E-state index is -0.956. The van der Waals surface area contributed by atoms with Crippen LogP contribution in [0.1, 0.15) is 52.0 Å². The number of halogens is 1. The van der Waals surface area contributed by atoms with Gasteiger partial charge in [0.2, 0.25) is 5.78 Å². The van der Waals surface area contributed by atoms with E-state index in [-0.39, 0.29) is 12.2 Å². The van der Waals surface area contributed by atoms with E-state index < -0.39 is 24.1 Å². The zero-order chi connectivity index (χ0) is 21.7. The molecule has 3 N–H and O–H groups in total. The molecular weight excluding hydrogens is 392 g/mol. The Hall–Kier alpha value is -2.86. The number of hydrogen-bond donors (Lipinski definition) is 2. The number of primary amides is 1. The van der Waals surface area contributed by atoms with Gasteiger partial charge < -0.3 is 15.8 Å². The predicted octanol–water partition coefficient (Wildman–Crippen LogP) is 4.18. The van der Waals surface area contributed by atoms with E-state index >= 15 is 0 Å². The van der Waals surface area contributed by atoms with Gasteiger partial charge in [0.15, 0.2) is 6.10 Å². The van der Waals surface area contributed by atoms with Gasteiger partial charge in [-0.05, 0) is 68.1 Å². The quantitative estimate of drug-likeness (QED) is 0.522. The topological polar surface area (TPSA) is 98.5 Å². The number of Topliss-reactive ketones (excluding diaryl/α,β-unsaturated/α-hetero) is 1. The molecule has 7 heteroatoms. The zero-order valence-corrected chi connectivity index (χ0v) is 17.7. The second kappa shape index (κ2) is 9.56.